The van der Waals surface area contributed by atoms with Crippen molar-refractivity contribution in [1.82, 2.24) is 0 Å². The van der Waals surface area contributed by atoms with Crippen LogP contribution in [0.5, 0.6) is 0 Å². The molecule has 1 aliphatic heterocycles. The third kappa shape index (κ3) is 3.87. The lowest BCUT2D eigenvalue weighted by molar-refractivity contribution is -0.260. The van der Waals surface area contributed by atoms with E-state index in [-0.39, 0.29) is 12.5 Å². The van der Waals surface area contributed by atoms with Crippen molar-refractivity contribution in [1.29, 1.82) is 0 Å². The summed E-state index contributed by atoms with van der Waals surface area (Å²) < 4.78 is 10.6. The van der Waals surface area contributed by atoms with E-state index in [1.165, 1.54) is 0 Å². The number of ether oxygens (including phenoxy) is 2. The molecule has 1 fully saturated rings. The Morgan fingerprint density at radius 2 is 2.20 bits per heavy atom. The minimum Gasteiger partial charge on any atom is -0.390 e. The van der Waals surface area contributed by atoms with Gasteiger partial charge in [-0.2, -0.15) is 0 Å². The molecule has 88 valence electrons. The Labute approximate surface area is 89.0 Å². The maximum Gasteiger partial charge on any atom is 0.183 e. The van der Waals surface area contributed by atoms with Gasteiger partial charge in [0.15, 0.2) is 6.29 Å². The number of aliphatic hydroxyl groups excluding tert-OH is 2. The van der Waals surface area contributed by atoms with E-state index in [0.717, 1.165) is 6.29 Å². The zero-order valence-corrected chi connectivity index (χ0v) is 8.83. The minimum atomic E-state index is -0.799. The average molecular weight is 218 g/mol. The summed E-state index contributed by atoms with van der Waals surface area (Å²) in [5, 5.41) is 18.9. The summed E-state index contributed by atoms with van der Waals surface area (Å²) in [5.41, 5.74) is 0. The van der Waals surface area contributed by atoms with Gasteiger partial charge >= 0.3 is 0 Å². The molecule has 4 unspecified atom stereocenters. The number of carbonyl (C=O) groups is 1. The Hall–Kier alpha value is -0.490. The van der Waals surface area contributed by atoms with E-state index in [1.54, 1.807) is 6.92 Å². The van der Waals surface area contributed by atoms with E-state index in [2.05, 4.69) is 0 Å². The summed E-state index contributed by atoms with van der Waals surface area (Å²) in [6.45, 7) is 2.11. The van der Waals surface area contributed by atoms with Crippen molar-refractivity contribution in [2.24, 2.45) is 0 Å². The summed E-state index contributed by atoms with van der Waals surface area (Å²) in [7, 11) is 0. The first-order valence-electron chi connectivity index (χ1n) is 5.22. The molecular weight excluding hydrogens is 200 g/mol. The predicted molar refractivity (Wildman–Crippen MR) is 52.2 cm³/mol. The van der Waals surface area contributed by atoms with Crippen LogP contribution in [0.3, 0.4) is 0 Å². The number of aldehydes is 1. The zero-order chi connectivity index (χ0) is 11.3. The van der Waals surface area contributed by atoms with Crippen LogP contribution in [0, 0.1) is 0 Å². The maximum absolute atomic E-state index is 10.0. The third-order valence-electron chi connectivity index (χ3n) is 2.44. The molecule has 0 amide bonds. The summed E-state index contributed by atoms with van der Waals surface area (Å²) >= 11 is 0. The lowest BCUT2D eigenvalue weighted by Crippen LogP contribution is -2.47. The fraction of sp³-hybridized carbons (Fsp3) is 0.900. The number of carbonyl (C=O) groups excluding carboxylic acids is 1. The van der Waals surface area contributed by atoms with E-state index in [0.29, 0.717) is 19.4 Å². The predicted octanol–water partition coefficient (Wildman–Crippen LogP) is -0.161. The van der Waals surface area contributed by atoms with E-state index in [1.807, 2.05) is 0 Å². The molecule has 4 atom stereocenters. The second kappa shape index (κ2) is 6.17. The van der Waals surface area contributed by atoms with Crippen LogP contribution in [0.25, 0.3) is 0 Å². The van der Waals surface area contributed by atoms with Crippen LogP contribution in [0.2, 0.25) is 0 Å². The standard InChI is InChI=1S/C10H18O5/c1-7-8(12)6-9(13)10(15-7)14-5-3-2-4-11/h4,7-10,12-13H,2-3,5-6H2,1H3. The highest BCUT2D eigenvalue weighted by molar-refractivity contribution is 5.48. The normalized spacial score (nSPS) is 36.5. The molecule has 5 nitrogen and oxygen atoms in total. The molecule has 0 spiro atoms. The van der Waals surface area contributed by atoms with Gasteiger partial charge < -0.3 is 24.5 Å². The molecule has 0 aromatic carbocycles. The van der Waals surface area contributed by atoms with Gasteiger partial charge in [-0.15, -0.1) is 0 Å². The van der Waals surface area contributed by atoms with Crippen molar-refractivity contribution >= 4 is 6.29 Å². The smallest absolute Gasteiger partial charge is 0.183 e. The number of rotatable bonds is 5. The third-order valence-corrected chi connectivity index (χ3v) is 2.44. The van der Waals surface area contributed by atoms with E-state index in [9.17, 15) is 15.0 Å². The van der Waals surface area contributed by atoms with E-state index < -0.39 is 18.5 Å². The molecule has 0 saturated carbocycles. The fourth-order valence-electron chi connectivity index (χ4n) is 1.46. The lowest BCUT2D eigenvalue weighted by atomic mass is 10.0. The molecule has 0 aromatic heterocycles. The van der Waals surface area contributed by atoms with Crippen LogP contribution in [0.4, 0.5) is 0 Å². The summed E-state index contributed by atoms with van der Waals surface area (Å²) in [4.78, 5) is 10.0. The molecule has 5 heteroatoms. The van der Waals surface area contributed by atoms with Crippen molar-refractivity contribution in [2.75, 3.05) is 6.61 Å². The Kier molecular flexibility index (Phi) is 5.17. The number of hydrogen-bond donors (Lipinski definition) is 2. The quantitative estimate of drug-likeness (QED) is 0.495. The van der Waals surface area contributed by atoms with Gasteiger partial charge in [-0.3, -0.25) is 0 Å². The van der Waals surface area contributed by atoms with Crippen molar-refractivity contribution in [3.8, 4) is 0 Å². The monoisotopic (exact) mass is 218 g/mol. The molecule has 1 heterocycles. The molecule has 0 aliphatic carbocycles. The summed E-state index contributed by atoms with van der Waals surface area (Å²) in [5.74, 6) is 0. The van der Waals surface area contributed by atoms with Gasteiger partial charge in [0.1, 0.15) is 12.4 Å². The fourth-order valence-corrected chi connectivity index (χ4v) is 1.46. The van der Waals surface area contributed by atoms with Crippen molar-refractivity contribution in [2.45, 2.75) is 50.8 Å². The van der Waals surface area contributed by atoms with E-state index in [4.69, 9.17) is 9.47 Å². The molecule has 1 rings (SSSR count). The maximum atomic E-state index is 10.0. The van der Waals surface area contributed by atoms with Crippen LogP contribution in [-0.2, 0) is 14.3 Å². The van der Waals surface area contributed by atoms with Crippen LogP contribution in [-0.4, -0.2) is 47.7 Å². The van der Waals surface area contributed by atoms with Crippen molar-refractivity contribution in [3.63, 3.8) is 0 Å². The summed E-state index contributed by atoms with van der Waals surface area (Å²) in [6.07, 6.45) is -0.303. The second-order valence-electron chi connectivity index (χ2n) is 3.76. The topological polar surface area (TPSA) is 76.0 Å². The van der Waals surface area contributed by atoms with Gasteiger partial charge in [0.25, 0.3) is 0 Å². The number of unbranched alkanes of at least 4 members (excludes halogenated alkanes) is 1. The van der Waals surface area contributed by atoms with Gasteiger partial charge in [0, 0.05) is 12.8 Å². The highest BCUT2D eigenvalue weighted by Crippen LogP contribution is 2.20. The molecule has 0 bridgehead atoms. The van der Waals surface area contributed by atoms with Gasteiger partial charge in [0.05, 0.1) is 18.8 Å². The molecule has 2 N–H and O–H groups in total. The largest absolute Gasteiger partial charge is 0.390 e. The van der Waals surface area contributed by atoms with Gasteiger partial charge in [-0.05, 0) is 13.3 Å². The van der Waals surface area contributed by atoms with Gasteiger partial charge in [0.2, 0.25) is 0 Å². The minimum absolute atomic E-state index is 0.263. The van der Waals surface area contributed by atoms with Crippen LogP contribution < -0.4 is 0 Å². The number of aliphatic hydroxyl groups is 2. The van der Waals surface area contributed by atoms with Gasteiger partial charge in [-0.1, -0.05) is 0 Å². The molecule has 0 aromatic rings. The average Bonchev–Trinajstić information content (AvgIpc) is 2.20. The van der Waals surface area contributed by atoms with Crippen molar-refractivity contribution < 1.29 is 24.5 Å². The Balaban J connectivity index is 2.25. The second-order valence-corrected chi connectivity index (χ2v) is 3.76. The van der Waals surface area contributed by atoms with Crippen LogP contribution in [0.1, 0.15) is 26.2 Å². The number of hydrogen-bond acceptors (Lipinski definition) is 5. The highest BCUT2D eigenvalue weighted by Gasteiger charge is 2.34. The Morgan fingerprint density at radius 1 is 1.47 bits per heavy atom. The van der Waals surface area contributed by atoms with Crippen LogP contribution >= 0.6 is 0 Å². The van der Waals surface area contributed by atoms with Crippen molar-refractivity contribution in [3.05, 3.63) is 0 Å². The first kappa shape index (κ1) is 12.6. The SMILES string of the molecule is CC1OC(OCCCC=O)C(O)CC1O. The molecular formula is C10H18O5. The molecule has 0 radical (unpaired) electrons. The Bertz CT molecular complexity index is 196. The summed E-state index contributed by atoms with van der Waals surface area (Å²) in [6, 6.07) is 0. The van der Waals surface area contributed by atoms with Gasteiger partial charge in [-0.25, -0.2) is 0 Å². The van der Waals surface area contributed by atoms with E-state index >= 15 is 0 Å². The first-order valence-corrected chi connectivity index (χ1v) is 5.22. The lowest BCUT2D eigenvalue weighted by Gasteiger charge is -2.35. The highest BCUT2D eigenvalue weighted by atomic mass is 16.7. The van der Waals surface area contributed by atoms with Crippen LogP contribution in [0.15, 0.2) is 0 Å². The molecule has 15 heavy (non-hydrogen) atoms. The zero-order valence-electron chi connectivity index (χ0n) is 8.83. The first-order chi connectivity index (χ1) is 7.15. The molecule has 1 saturated heterocycles. The molecule has 1 aliphatic rings. The Morgan fingerprint density at radius 3 is 2.87 bits per heavy atom.